The molecule has 0 radical (unpaired) electrons. The molecule has 62 valence electrons. The molecule has 0 rings (SSSR count). The summed E-state index contributed by atoms with van der Waals surface area (Å²) >= 11 is 0. The maximum absolute atomic E-state index is 8.57. The molecule has 0 saturated heterocycles. The highest BCUT2D eigenvalue weighted by atomic mass is 16.3. The van der Waals surface area contributed by atoms with Gasteiger partial charge in [0.1, 0.15) is 0 Å². The monoisotopic (exact) mass is 145 g/mol. The predicted octanol–water partition coefficient (Wildman–Crippen LogP) is 1.28. The van der Waals surface area contributed by atoms with Crippen molar-refractivity contribution in [1.29, 1.82) is 0 Å². The summed E-state index contributed by atoms with van der Waals surface area (Å²) in [5.74, 6) is 0. The second-order valence-corrected chi connectivity index (χ2v) is 2.79. The highest BCUT2D eigenvalue weighted by Gasteiger charge is 1.97. The Morgan fingerprint density at radius 3 is 2.50 bits per heavy atom. The van der Waals surface area contributed by atoms with Crippen LogP contribution in [0.25, 0.3) is 0 Å². The Kier molecular flexibility index (Phi) is 6.98. The van der Waals surface area contributed by atoms with Crippen LogP contribution >= 0.6 is 0 Å². The van der Waals surface area contributed by atoms with Gasteiger partial charge in [-0.2, -0.15) is 0 Å². The minimum absolute atomic E-state index is 0.0110. The van der Waals surface area contributed by atoms with Gasteiger partial charge in [0.25, 0.3) is 0 Å². The van der Waals surface area contributed by atoms with Gasteiger partial charge in [0.2, 0.25) is 0 Å². The second kappa shape index (κ2) is 7.03. The van der Waals surface area contributed by atoms with Crippen LogP contribution in [0.5, 0.6) is 0 Å². The van der Waals surface area contributed by atoms with Crippen LogP contribution < -0.4 is 5.73 Å². The van der Waals surface area contributed by atoms with E-state index in [2.05, 4.69) is 6.92 Å². The zero-order valence-corrected chi connectivity index (χ0v) is 6.84. The van der Waals surface area contributed by atoms with E-state index in [4.69, 9.17) is 10.8 Å². The summed E-state index contributed by atoms with van der Waals surface area (Å²) in [5.41, 5.74) is 5.51. The lowest BCUT2D eigenvalue weighted by Crippen LogP contribution is -2.23. The van der Waals surface area contributed by atoms with Crippen LogP contribution in [0.1, 0.15) is 39.0 Å². The van der Waals surface area contributed by atoms with Crippen molar-refractivity contribution in [3.8, 4) is 0 Å². The van der Waals surface area contributed by atoms with E-state index in [0.717, 1.165) is 12.8 Å². The number of aliphatic hydroxyl groups is 1. The van der Waals surface area contributed by atoms with Crippen molar-refractivity contribution in [2.45, 2.75) is 45.1 Å². The molecule has 0 aliphatic carbocycles. The van der Waals surface area contributed by atoms with E-state index in [9.17, 15) is 0 Å². The number of hydrogen-bond acceptors (Lipinski definition) is 2. The second-order valence-electron chi connectivity index (χ2n) is 2.79. The molecule has 10 heavy (non-hydrogen) atoms. The van der Waals surface area contributed by atoms with Crippen molar-refractivity contribution < 1.29 is 5.11 Å². The first-order chi connectivity index (χ1) is 4.81. The fourth-order valence-electron chi connectivity index (χ4n) is 0.925. The minimum atomic E-state index is 0.0110. The standard InChI is InChI=1S/C8H19NO/c1-2-3-4-5-6-8(9)7-10/h8,10H,2-7,9H2,1H3/t8-/m1/s1. The van der Waals surface area contributed by atoms with Gasteiger partial charge in [-0.15, -0.1) is 0 Å². The van der Waals surface area contributed by atoms with E-state index in [0.29, 0.717) is 0 Å². The third-order valence-electron chi connectivity index (χ3n) is 1.66. The van der Waals surface area contributed by atoms with Crippen LogP contribution in [-0.4, -0.2) is 17.8 Å². The summed E-state index contributed by atoms with van der Waals surface area (Å²) in [6, 6.07) is 0.0110. The average molecular weight is 145 g/mol. The highest BCUT2D eigenvalue weighted by molar-refractivity contribution is 4.57. The largest absolute Gasteiger partial charge is 0.395 e. The molecule has 0 fully saturated rings. The normalized spacial score (nSPS) is 13.5. The fraction of sp³-hybridized carbons (Fsp3) is 1.00. The third-order valence-corrected chi connectivity index (χ3v) is 1.66. The zero-order valence-electron chi connectivity index (χ0n) is 6.84. The predicted molar refractivity (Wildman–Crippen MR) is 43.8 cm³/mol. The molecule has 0 aromatic heterocycles. The van der Waals surface area contributed by atoms with E-state index in [-0.39, 0.29) is 12.6 Å². The lowest BCUT2D eigenvalue weighted by molar-refractivity contribution is 0.257. The maximum Gasteiger partial charge on any atom is 0.0582 e. The lowest BCUT2D eigenvalue weighted by atomic mass is 10.1. The van der Waals surface area contributed by atoms with E-state index < -0.39 is 0 Å². The molecule has 0 aliphatic heterocycles. The zero-order chi connectivity index (χ0) is 7.82. The quantitative estimate of drug-likeness (QED) is 0.553. The third kappa shape index (κ3) is 6.05. The van der Waals surface area contributed by atoms with Crippen molar-refractivity contribution in [2.24, 2.45) is 5.73 Å². The van der Waals surface area contributed by atoms with Gasteiger partial charge in [0, 0.05) is 6.04 Å². The van der Waals surface area contributed by atoms with Crippen molar-refractivity contribution in [2.75, 3.05) is 6.61 Å². The summed E-state index contributed by atoms with van der Waals surface area (Å²) in [6.45, 7) is 2.32. The number of nitrogens with two attached hydrogens (primary N) is 1. The Morgan fingerprint density at radius 2 is 2.00 bits per heavy atom. The Labute approximate surface area is 63.4 Å². The maximum atomic E-state index is 8.57. The highest BCUT2D eigenvalue weighted by Crippen LogP contribution is 2.03. The van der Waals surface area contributed by atoms with Gasteiger partial charge in [-0.25, -0.2) is 0 Å². The lowest BCUT2D eigenvalue weighted by Gasteiger charge is -2.05. The minimum Gasteiger partial charge on any atom is -0.395 e. The number of hydrogen-bond donors (Lipinski definition) is 2. The number of rotatable bonds is 6. The van der Waals surface area contributed by atoms with Gasteiger partial charge in [-0.05, 0) is 6.42 Å². The first-order valence-electron chi connectivity index (χ1n) is 4.17. The smallest absolute Gasteiger partial charge is 0.0582 e. The molecule has 0 aromatic carbocycles. The molecular formula is C8H19NO. The molecule has 2 nitrogen and oxygen atoms in total. The van der Waals surface area contributed by atoms with Gasteiger partial charge < -0.3 is 10.8 Å². The van der Waals surface area contributed by atoms with Gasteiger partial charge in [0.05, 0.1) is 6.61 Å². The van der Waals surface area contributed by atoms with Gasteiger partial charge in [-0.1, -0.05) is 32.6 Å². The van der Waals surface area contributed by atoms with Crippen LogP contribution in [0, 0.1) is 0 Å². The van der Waals surface area contributed by atoms with E-state index >= 15 is 0 Å². The molecular weight excluding hydrogens is 126 g/mol. The van der Waals surface area contributed by atoms with Crippen LogP contribution in [0.4, 0.5) is 0 Å². The molecule has 0 amide bonds. The molecule has 0 aromatic rings. The van der Waals surface area contributed by atoms with Gasteiger partial charge in [-0.3, -0.25) is 0 Å². The Bertz CT molecular complexity index is 66.3. The summed E-state index contributed by atoms with van der Waals surface area (Å²) in [5, 5.41) is 8.57. The van der Waals surface area contributed by atoms with E-state index in [1.165, 1.54) is 19.3 Å². The van der Waals surface area contributed by atoms with Gasteiger partial charge >= 0.3 is 0 Å². The summed E-state index contributed by atoms with van der Waals surface area (Å²) in [6.07, 6.45) is 5.93. The molecule has 0 heterocycles. The van der Waals surface area contributed by atoms with Crippen molar-refractivity contribution >= 4 is 0 Å². The first kappa shape index (κ1) is 9.92. The van der Waals surface area contributed by atoms with Crippen LogP contribution in [0.15, 0.2) is 0 Å². The average Bonchev–Trinajstić information content (AvgIpc) is 1.98. The molecule has 2 heteroatoms. The summed E-state index contributed by atoms with van der Waals surface area (Å²) < 4.78 is 0. The number of aliphatic hydroxyl groups excluding tert-OH is 1. The van der Waals surface area contributed by atoms with Crippen molar-refractivity contribution in [1.82, 2.24) is 0 Å². The van der Waals surface area contributed by atoms with Crippen molar-refractivity contribution in [3.63, 3.8) is 0 Å². The molecule has 0 spiro atoms. The first-order valence-corrected chi connectivity index (χ1v) is 4.17. The topological polar surface area (TPSA) is 46.2 Å². The van der Waals surface area contributed by atoms with Gasteiger partial charge in [0.15, 0.2) is 0 Å². The van der Waals surface area contributed by atoms with E-state index in [1.54, 1.807) is 0 Å². The van der Waals surface area contributed by atoms with Crippen LogP contribution in [0.3, 0.4) is 0 Å². The molecule has 0 bridgehead atoms. The summed E-state index contributed by atoms with van der Waals surface area (Å²) in [4.78, 5) is 0. The van der Waals surface area contributed by atoms with Crippen LogP contribution in [-0.2, 0) is 0 Å². The summed E-state index contributed by atoms with van der Waals surface area (Å²) in [7, 11) is 0. The fourth-order valence-corrected chi connectivity index (χ4v) is 0.925. The molecule has 3 N–H and O–H groups in total. The molecule has 0 saturated carbocycles. The Morgan fingerprint density at radius 1 is 1.30 bits per heavy atom. The Hall–Kier alpha value is -0.0800. The van der Waals surface area contributed by atoms with E-state index in [1.807, 2.05) is 0 Å². The van der Waals surface area contributed by atoms with Crippen molar-refractivity contribution in [3.05, 3.63) is 0 Å². The molecule has 1 atom stereocenters. The molecule has 0 unspecified atom stereocenters. The van der Waals surface area contributed by atoms with Crippen LogP contribution in [0.2, 0.25) is 0 Å². The number of unbranched alkanes of at least 4 members (excludes halogenated alkanes) is 3. The SMILES string of the molecule is CCCCCC[C@@H](N)CO. The molecule has 0 aliphatic rings. The Balaban J connectivity index is 2.89.